The number of hydrogen-bond acceptors (Lipinski definition) is 3. The molecule has 1 rings (SSSR count). The lowest BCUT2D eigenvalue weighted by atomic mass is 10.0. The Kier molecular flexibility index (Phi) is 3.68. The number of carboxylic acids is 1. The minimum atomic E-state index is -0.980. The number of rotatable bonds is 5. The first-order chi connectivity index (χ1) is 6.93. The summed E-state index contributed by atoms with van der Waals surface area (Å²) in [7, 11) is 0. The van der Waals surface area contributed by atoms with E-state index in [1.807, 2.05) is 13.8 Å². The fourth-order valence-electron chi connectivity index (χ4n) is 1.40. The Morgan fingerprint density at radius 3 is 2.33 bits per heavy atom. The maximum Gasteiger partial charge on any atom is 0.323 e. The highest BCUT2D eigenvalue weighted by Gasteiger charge is 2.36. The Balaban J connectivity index is 2.62. The maximum atomic E-state index is 11.8. The standard InChI is InChI=1S/C10H18N2O3/c1-6(2)9(11)10(15)12(5-8(13)14)7-3-4-7/h6-7,9H,3-5,11H2,1-2H3,(H,13,14)/t9-/m1/s1. The van der Waals surface area contributed by atoms with E-state index >= 15 is 0 Å². The van der Waals surface area contributed by atoms with Crippen LogP contribution in [0.1, 0.15) is 26.7 Å². The summed E-state index contributed by atoms with van der Waals surface area (Å²) < 4.78 is 0. The summed E-state index contributed by atoms with van der Waals surface area (Å²) in [5.74, 6) is -1.19. The lowest BCUT2D eigenvalue weighted by molar-refractivity contribution is -0.145. The number of carbonyl (C=O) groups excluding carboxylic acids is 1. The molecule has 0 aromatic heterocycles. The average Bonchev–Trinajstić information content (AvgIpc) is 2.94. The van der Waals surface area contributed by atoms with Crippen LogP contribution < -0.4 is 5.73 Å². The van der Waals surface area contributed by atoms with Gasteiger partial charge in [-0.05, 0) is 18.8 Å². The molecule has 0 unspecified atom stereocenters. The molecule has 1 amide bonds. The van der Waals surface area contributed by atoms with Crippen LogP contribution in [0.3, 0.4) is 0 Å². The zero-order chi connectivity index (χ0) is 11.6. The number of carbonyl (C=O) groups is 2. The van der Waals surface area contributed by atoms with E-state index in [2.05, 4.69) is 0 Å². The minimum absolute atomic E-state index is 0.0348. The zero-order valence-electron chi connectivity index (χ0n) is 9.14. The number of hydrogen-bond donors (Lipinski definition) is 2. The van der Waals surface area contributed by atoms with Crippen LogP contribution in [0.4, 0.5) is 0 Å². The molecule has 1 saturated carbocycles. The third-order valence-electron chi connectivity index (χ3n) is 2.58. The van der Waals surface area contributed by atoms with Gasteiger partial charge in [0, 0.05) is 6.04 Å². The van der Waals surface area contributed by atoms with Crippen LogP contribution in [0, 0.1) is 5.92 Å². The molecule has 5 nitrogen and oxygen atoms in total. The molecule has 0 bridgehead atoms. The van der Waals surface area contributed by atoms with Gasteiger partial charge in [0.05, 0.1) is 6.04 Å². The number of aliphatic carboxylic acids is 1. The summed E-state index contributed by atoms with van der Waals surface area (Å²) in [4.78, 5) is 23.8. The van der Waals surface area contributed by atoms with Gasteiger partial charge in [-0.3, -0.25) is 9.59 Å². The topological polar surface area (TPSA) is 83.6 Å². The van der Waals surface area contributed by atoms with Crippen LogP contribution in [0.25, 0.3) is 0 Å². The Morgan fingerprint density at radius 2 is 2.00 bits per heavy atom. The van der Waals surface area contributed by atoms with Gasteiger partial charge in [0.1, 0.15) is 6.54 Å². The van der Waals surface area contributed by atoms with Gasteiger partial charge in [-0.1, -0.05) is 13.8 Å². The molecule has 86 valence electrons. The van der Waals surface area contributed by atoms with Gasteiger partial charge in [-0.25, -0.2) is 0 Å². The van der Waals surface area contributed by atoms with Gasteiger partial charge in [0.25, 0.3) is 0 Å². The number of carboxylic acid groups (broad SMARTS) is 1. The number of nitrogens with two attached hydrogens (primary N) is 1. The summed E-state index contributed by atoms with van der Waals surface area (Å²) in [6, 6.07) is -0.497. The fourth-order valence-corrected chi connectivity index (χ4v) is 1.40. The quantitative estimate of drug-likeness (QED) is 0.677. The molecule has 1 fully saturated rings. The summed E-state index contributed by atoms with van der Waals surface area (Å²) in [5, 5.41) is 8.70. The van der Waals surface area contributed by atoms with Crippen LogP contribution in [0.15, 0.2) is 0 Å². The fraction of sp³-hybridized carbons (Fsp3) is 0.800. The molecule has 1 aliphatic rings. The smallest absolute Gasteiger partial charge is 0.323 e. The normalized spacial score (nSPS) is 17.6. The first-order valence-corrected chi connectivity index (χ1v) is 5.21. The predicted octanol–water partition coefficient (Wildman–Crippen LogP) is 0.0453. The van der Waals surface area contributed by atoms with Crippen molar-refractivity contribution in [2.45, 2.75) is 38.8 Å². The van der Waals surface area contributed by atoms with Gasteiger partial charge in [0.15, 0.2) is 0 Å². The van der Waals surface area contributed by atoms with Crippen LogP contribution in [0.2, 0.25) is 0 Å². The Bertz CT molecular complexity index is 261. The molecular formula is C10H18N2O3. The minimum Gasteiger partial charge on any atom is -0.480 e. The monoisotopic (exact) mass is 214 g/mol. The highest BCUT2D eigenvalue weighted by molar-refractivity contribution is 5.86. The van der Waals surface area contributed by atoms with Crippen molar-refractivity contribution < 1.29 is 14.7 Å². The molecule has 3 N–H and O–H groups in total. The second kappa shape index (κ2) is 4.61. The largest absolute Gasteiger partial charge is 0.480 e. The molecule has 0 aromatic rings. The van der Waals surface area contributed by atoms with E-state index in [0.717, 1.165) is 12.8 Å². The third-order valence-corrected chi connectivity index (χ3v) is 2.58. The molecule has 0 aliphatic heterocycles. The van der Waals surface area contributed by atoms with Crippen molar-refractivity contribution in [2.24, 2.45) is 11.7 Å². The lowest BCUT2D eigenvalue weighted by Gasteiger charge is -2.25. The second-order valence-corrected chi connectivity index (χ2v) is 4.36. The molecule has 0 aromatic carbocycles. The Morgan fingerprint density at radius 1 is 1.47 bits per heavy atom. The Labute approximate surface area is 89.2 Å². The molecule has 1 aliphatic carbocycles. The lowest BCUT2D eigenvalue weighted by Crippen LogP contribution is -2.49. The van der Waals surface area contributed by atoms with Crippen molar-refractivity contribution in [3.05, 3.63) is 0 Å². The van der Waals surface area contributed by atoms with Crippen molar-refractivity contribution >= 4 is 11.9 Å². The molecule has 0 saturated heterocycles. The highest BCUT2D eigenvalue weighted by Crippen LogP contribution is 2.27. The van der Waals surface area contributed by atoms with Gasteiger partial charge in [-0.15, -0.1) is 0 Å². The first-order valence-electron chi connectivity index (χ1n) is 5.21. The van der Waals surface area contributed by atoms with E-state index in [1.165, 1.54) is 4.90 Å². The highest BCUT2D eigenvalue weighted by atomic mass is 16.4. The molecular weight excluding hydrogens is 196 g/mol. The van der Waals surface area contributed by atoms with E-state index < -0.39 is 12.0 Å². The van der Waals surface area contributed by atoms with Gasteiger partial charge in [-0.2, -0.15) is 0 Å². The zero-order valence-corrected chi connectivity index (χ0v) is 9.14. The van der Waals surface area contributed by atoms with Crippen LogP contribution in [-0.4, -0.2) is 40.5 Å². The predicted molar refractivity (Wildman–Crippen MR) is 55.2 cm³/mol. The van der Waals surface area contributed by atoms with Gasteiger partial charge in [0.2, 0.25) is 5.91 Å². The number of nitrogens with zero attached hydrogens (tertiary/aromatic N) is 1. The van der Waals surface area contributed by atoms with E-state index in [-0.39, 0.29) is 24.4 Å². The second-order valence-electron chi connectivity index (χ2n) is 4.36. The Hall–Kier alpha value is -1.10. The van der Waals surface area contributed by atoms with E-state index in [9.17, 15) is 9.59 Å². The van der Waals surface area contributed by atoms with Gasteiger partial charge < -0.3 is 15.7 Å². The average molecular weight is 214 g/mol. The van der Waals surface area contributed by atoms with Crippen molar-refractivity contribution in [1.29, 1.82) is 0 Å². The summed E-state index contributed by atoms with van der Waals surface area (Å²) >= 11 is 0. The SMILES string of the molecule is CC(C)[C@@H](N)C(=O)N(CC(=O)O)C1CC1. The van der Waals surface area contributed by atoms with E-state index in [0.29, 0.717) is 0 Å². The molecule has 5 heteroatoms. The molecule has 15 heavy (non-hydrogen) atoms. The third kappa shape index (κ3) is 3.20. The van der Waals surface area contributed by atoms with Gasteiger partial charge >= 0.3 is 5.97 Å². The van der Waals surface area contributed by atoms with Crippen LogP contribution >= 0.6 is 0 Å². The summed E-state index contributed by atoms with van der Waals surface area (Å²) in [5.41, 5.74) is 5.72. The molecule has 0 spiro atoms. The van der Waals surface area contributed by atoms with E-state index in [1.54, 1.807) is 0 Å². The van der Waals surface area contributed by atoms with Crippen molar-refractivity contribution in [3.8, 4) is 0 Å². The summed E-state index contributed by atoms with van der Waals surface area (Å²) in [6.45, 7) is 3.48. The van der Waals surface area contributed by atoms with Crippen LogP contribution in [-0.2, 0) is 9.59 Å². The number of amides is 1. The molecule has 0 radical (unpaired) electrons. The van der Waals surface area contributed by atoms with Crippen molar-refractivity contribution in [2.75, 3.05) is 6.54 Å². The van der Waals surface area contributed by atoms with Crippen LogP contribution in [0.5, 0.6) is 0 Å². The maximum absolute atomic E-state index is 11.8. The summed E-state index contributed by atoms with van der Waals surface area (Å²) in [6.07, 6.45) is 1.79. The first kappa shape index (κ1) is 12.0. The van der Waals surface area contributed by atoms with Crippen molar-refractivity contribution in [3.63, 3.8) is 0 Å². The van der Waals surface area contributed by atoms with E-state index in [4.69, 9.17) is 10.8 Å². The van der Waals surface area contributed by atoms with Crippen molar-refractivity contribution in [1.82, 2.24) is 4.90 Å². The molecule has 0 heterocycles. The molecule has 1 atom stereocenters.